The maximum atomic E-state index is 14.1. The van der Waals surface area contributed by atoms with Crippen LogP contribution in [-0.4, -0.2) is 41.9 Å². The summed E-state index contributed by atoms with van der Waals surface area (Å²) in [5.41, 5.74) is 2.04. The molecule has 1 amide bonds. The number of amides is 1. The van der Waals surface area contributed by atoms with Gasteiger partial charge < -0.3 is 9.64 Å². The van der Waals surface area contributed by atoms with E-state index in [2.05, 4.69) is 4.90 Å². The third-order valence-electron chi connectivity index (χ3n) is 5.59. The van der Waals surface area contributed by atoms with E-state index in [1.54, 1.807) is 42.5 Å². The highest BCUT2D eigenvalue weighted by atomic mass is 35.5. The molecule has 4 nitrogen and oxygen atoms in total. The lowest BCUT2D eigenvalue weighted by molar-refractivity contribution is 0.0627. The molecule has 0 bridgehead atoms. The number of hydrogen-bond acceptors (Lipinski definition) is 3. The molecule has 1 saturated heterocycles. The van der Waals surface area contributed by atoms with Crippen molar-refractivity contribution in [3.8, 4) is 5.75 Å². The number of benzene rings is 3. The van der Waals surface area contributed by atoms with E-state index >= 15 is 0 Å². The summed E-state index contributed by atoms with van der Waals surface area (Å²) in [5.74, 6) is 0.228. The molecule has 0 spiro atoms. The molecule has 0 N–H and O–H groups in total. The molecular weight excluding hydrogens is 486 g/mol. The molecule has 3 aromatic rings. The number of piperazine rings is 1. The minimum absolute atomic E-state index is 0.0215. The summed E-state index contributed by atoms with van der Waals surface area (Å²) >= 11 is 18.2. The Bertz CT molecular complexity index is 1110. The van der Waals surface area contributed by atoms with Gasteiger partial charge in [0.15, 0.2) is 0 Å². The van der Waals surface area contributed by atoms with Crippen molar-refractivity contribution in [1.82, 2.24) is 9.80 Å². The maximum Gasteiger partial charge on any atom is 0.253 e. The molecule has 1 heterocycles. The molecule has 4 rings (SSSR count). The average molecular weight is 508 g/mol. The van der Waals surface area contributed by atoms with Crippen molar-refractivity contribution < 1.29 is 13.9 Å². The van der Waals surface area contributed by atoms with Gasteiger partial charge in [-0.3, -0.25) is 9.69 Å². The molecule has 0 atom stereocenters. The molecule has 8 heteroatoms. The van der Waals surface area contributed by atoms with Crippen LogP contribution in [0.5, 0.6) is 5.75 Å². The Hall–Kier alpha value is -2.31. The van der Waals surface area contributed by atoms with E-state index in [1.807, 2.05) is 17.0 Å². The smallest absolute Gasteiger partial charge is 0.253 e. The normalized spacial score (nSPS) is 14.4. The molecule has 0 unspecified atom stereocenters. The summed E-state index contributed by atoms with van der Waals surface area (Å²) in [6, 6.07) is 17.1. The zero-order valence-electron chi connectivity index (χ0n) is 17.7. The minimum Gasteiger partial charge on any atom is -0.487 e. The van der Waals surface area contributed by atoms with Crippen molar-refractivity contribution in [1.29, 1.82) is 0 Å². The molecule has 1 aliphatic heterocycles. The first-order valence-corrected chi connectivity index (χ1v) is 11.7. The van der Waals surface area contributed by atoms with Crippen molar-refractivity contribution in [2.45, 2.75) is 13.2 Å². The summed E-state index contributed by atoms with van der Waals surface area (Å²) in [6.45, 7) is 3.22. The summed E-state index contributed by atoms with van der Waals surface area (Å²) < 4.78 is 19.8. The largest absolute Gasteiger partial charge is 0.487 e. The second-order valence-corrected chi connectivity index (χ2v) is 9.08. The van der Waals surface area contributed by atoms with Crippen LogP contribution in [0, 0.1) is 5.82 Å². The van der Waals surface area contributed by atoms with E-state index in [-0.39, 0.29) is 11.7 Å². The Balaban J connectivity index is 1.30. The van der Waals surface area contributed by atoms with Gasteiger partial charge in [0.05, 0.1) is 5.02 Å². The second-order valence-electron chi connectivity index (χ2n) is 7.83. The van der Waals surface area contributed by atoms with Crippen LogP contribution in [0.25, 0.3) is 0 Å². The zero-order chi connectivity index (χ0) is 23.4. The van der Waals surface area contributed by atoms with Gasteiger partial charge in [0.2, 0.25) is 0 Å². The average Bonchev–Trinajstić information content (AvgIpc) is 2.81. The van der Waals surface area contributed by atoms with Crippen molar-refractivity contribution >= 4 is 40.7 Å². The van der Waals surface area contributed by atoms with Gasteiger partial charge in [-0.05, 0) is 48.0 Å². The summed E-state index contributed by atoms with van der Waals surface area (Å²) in [6.07, 6.45) is 0. The highest BCUT2D eigenvalue weighted by molar-refractivity contribution is 6.35. The van der Waals surface area contributed by atoms with Gasteiger partial charge in [0.1, 0.15) is 18.2 Å². The fraction of sp³-hybridized carbons (Fsp3) is 0.240. The molecule has 1 aliphatic rings. The van der Waals surface area contributed by atoms with Crippen LogP contribution in [-0.2, 0) is 13.2 Å². The van der Waals surface area contributed by atoms with E-state index in [0.29, 0.717) is 71.3 Å². The fourth-order valence-electron chi connectivity index (χ4n) is 3.70. The highest BCUT2D eigenvalue weighted by Crippen LogP contribution is 2.28. The van der Waals surface area contributed by atoms with Gasteiger partial charge in [-0.1, -0.05) is 53.0 Å². The Morgan fingerprint density at radius 1 is 0.909 bits per heavy atom. The summed E-state index contributed by atoms with van der Waals surface area (Å²) in [5, 5.41) is 1.42. The number of hydrogen-bond donors (Lipinski definition) is 0. The first-order chi connectivity index (χ1) is 15.9. The Kier molecular flexibility index (Phi) is 7.76. The number of carbonyl (C=O) groups is 1. The number of nitrogens with zero attached hydrogens (tertiary/aromatic N) is 2. The fourth-order valence-corrected chi connectivity index (χ4v) is 4.38. The van der Waals surface area contributed by atoms with Crippen LogP contribution >= 0.6 is 34.8 Å². The lowest BCUT2D eigenvalue weighted by atomic mass is 10.1. The number of halogens is 4. The standard InChI is InChI=1S/C25H22Cl3FN2O2/c26-19-8-9-24(22(28)14-19)33-16-17-4-6-18(7-5-17)25(32)31-12-10-30(11-13-31)15-20-21(27)2-1-3-23(20)29/h1-9,14H,10-13,15-16H2. The van der Waals surface area contributed by atoms with Crippen molar-refractivity contribution in [3.05, 3.63) is 98.2 Å². The van der Waals surface area contributed by atoms with E-state index in [9.17, 15) is 9.18 Å². The van der Waals surface area contributed by atoms with Crippen LogP contribution < -0.4 is 4.74 Å². The predicted octanol–water partition coefficient (Wildman–Crippen LogP) is 6.32. The van der Waals surface area contributed by atoms with Crippen molar-refractivity contribution in [3.63, 3.8) is 0 Å². The van der Waals surface area contributed by atoms with Gasteiger partial charge in [0, 0.05) is 53.9 Å². The monoisotopic (exact) mass is 506 g/mol. The third-order valence-corrected chi connectivity index (χ3v) is 6.48. The van der Waals surface area contributed by atoms with Crippen LogP contribution in [0.2, 0.25) is 15.1 Å². The Morgan fingerprint density at radius 2 is 1.64 bits per heavy atom. The van der Waals surface area contributed by atoms with E-state index in [1.165, 1.54) is 6.07 Å². The molecule has 1 fully saturated rings. The van der Waals surface area contributed by atoms with Crippen LogP contribution in [0.15, 0.2) is 60.7 Å². The first kappa shape index (κ1) is 23.8. The van der Waals surface area contributed by atoms with Gasteiger partial charge in [-0.15, -0.1) is 0 Å². The van der Waals surface area contributed by atoms with Crippen LogP contribution in [0.3, 0.4) is 0 Å². The number of ether oxygens (including phenoxy) is 1. The van der Waals surface area contributed by atoms with Crippen LogP contribution in [0.1, 0.15) is 21.5 Å². The Labute approximate surface area is 207 Å². The van der Waals surface area contributed by atoms with E-state index < -0.39 is 0 Å². The van der Waals surface area contributed by atoms with Crippen molar-refractivity contribution in [2.24, 2.45) is 0 Å². The lowest BCUT2D eigenvalue weighted by Gasteiger charge is -2.35. The Morgan fingerprint density at radius 3 is 2.30 bits per heavy atom. The number of rotatable bonds is 6. The second kappa shape index (κ2) is 10.7. The van der Waals surface area contributed by atoms with E-state index in [0.717, 1.165) is 5.56 Å². The summed E-state index contributed by atoms with van der Waals surface area (Å²) in [4.78, 5) is 16.8. The van der Waals surface area contributed by atoms with Gasteiger partial charge in [-0.25, -0.2) is 4.39 Å². The quantitative estimate of drug-likeness (QED) is 0.391. The zero-order valence-corrected chi connectivity index (χ0v) is 20.0. The molecule has 3 aromatic carbocycles. The lowest BCUT2D eigenvalue weighted by Crippen LogP contribution is -2.48. The molecule has 0 radical (unpaired) electrons. The highest BCUT2D eigenvalue weighted by Gasteiger charge is 2.23. The van der Waals surface area contributed by atoms with Crippen LogP contribution in [0.4, 0.5) is 4.39 Å². The van der Waals surface area contributed by atoms with E-state index in [4.69, 9.17) is 39.5 Å². The minimum atomic E-state index is -0.302. The molecular formula is C25H22Cl3FN2O2. The molecule has 0 aliphatic carbocycles. The summed E-state index contributed by atoms with van der Waals surface area (Å²) in [7, 11) is 0. The van der Waals surface area contributed by atoms with Gasteiger partial charge in [0.25, 0.3) is 5.91 Å². The molecule has 172 valence electrons. The topological polar surface area (TPSA) is 32.8 Å². The predicted molar refractivity (Wildman–Crippen MR) is 130 cm³/mol. The van der Waals surface area contributed by atoms with Gasteiger partial charge in [-0.2, -0.15) is 0 Å². The molecule has 33 heavy (non-hydrogen) atoms. The van der Waals surface area contributed by atoms with Gasteiger partial charge >= 0.3 is 0 Å². The third kappa shape index (κ3) is 5.98. The first-order valence-electron chi connectivity index (χ1n) is 10.5. The maximum absolute atomic E-state index is 14.1. The SMILES string of the molecule is O=C(c1ccc(COc2ccc(Cl)cc2Cl)cc1)N1CCN(Cc2c(F)cccc2Cl)CC1. The molecule has 0 aromatic heterocycles. The number of carbonyl (C=O) groups excluding carboxylic acids is 1. The van der Waals surface area contributed by atoms with Crippen molar-refractivity contribution in [2.75, 3.05) is 26.2 Å². The molecule has 0 saturated carbocycles.